The van der Waals surface area contributed by atoms with Crippen LogP contribution in [0.3, 0.4) is 0 Å². The molecule has 4 rings (SSSR count). The monoisotopic (exact) mass is 389 g/mol. The first-order chi connectivity index (χ1) is 12.6. The lowest BCUT2D eigenvalue weighted by Gasteiger charge is -2.25. The van der Waals surface area contributed by atoms with Crippen LogP contribution in [0, 0.1) is 19.7 Å². The quantitative estimate of drug-likeness (QED) is 0.617. The normalized spacial score (nSPS) is 15.7. The molecule has 0 amide bonds. The number of fused-ring (bicyclic) bond motifs is 1. The molecule has 1 aliphatic heterocycles. The number of thiophene rings is 1. The van der Waals surface area contributed by atoms with E-state index in [2.05, 4.69) is 18.7 Å². The summed E-state index contributed by atoms with van der Waals surface area (Å²) in [6.45, 7) is 8.30. The molecule has 1 aromatic carbocycles. The van der Waals surface area contributed by atoms with E-state index in [-0.39, 0.29) is 5.82 Å². The third-order valence-corrected chi connectivity index (χ3v) is 6.64. The second kappa shape index (κ2) is 7.60. The number of halogens is 1. The zero-order chi connectivity index (χ0) is 18.1. The topological polar surface area (TPSA) is 38.2 Å². The average Bonchev–Trinajstić information content (AvgIpc) is 2.92. The Labute approximate surface area is 160 Å². The first kappa shape index (κ1) is 17.9. The predicted octanol–water partition coefficient (Wildman–Crippen LogP) is 4.43. The van der Waals surface area contributed by atoms with E-state index in [0.29, 0.717) is 0 Å². The van der Waals surface area contributed by atoms with Crippen LogP contribution in [0.25, 0.3) is 10.2 Å². The predicted molar refractivity (Wildman–Crippen MR) is 104 cm³/mol. The van der Waals surface area contributed by atoms with Crippen LogP contribution in [0.5, 0.6) is 0 Å². The summed E-state index contributed by atoms with van der Waals surface area (Å²) in [6.07, 6.45) is 0. The fourth-order valence-corrected chi connectivity index (χ4v) is 5.08. The highest BCUT2D eigenvalue weighted by atomic mass is 32.2. The number of hydrogen-bond acceptors (Lipinski definition) is 6. The lowest BCUT2D eigenvalue weighted by molar-refractivity contribution is 0.0330. The molecule has 7 heteroatoms. The van der Waals surface area contributed by atoms with Crippen molar-refractivity contribution in [3.05, 3.63) is 46.3 Å². The molecule has 136 valence electrons. The molecule has 3 heterocycles. The summed E-state index contributed by atoms with van der Waals surface area (Å²) in [7, 11) is 0. The first-order valence-corrected chi connectivity index (χ1v) is 10.2. The molecule has 1 saturated heterocycles. The number of ether oxygens (including phenoxy) is 1. The summed E-state index contributed by atoms with van der Waals surface area (Å²) in [5.74, 6) is 0.614. The van der Waals surface area contributed by atoms with Crippen molar-refractivity contribution in [2.45, 2.75) is 30.3 Å². The summed E-state index contributed by atoms with van der Waals surface area (Å²) in [4.78, 5) is 15.3. The zero-order valence-corrected chi connectivity index (χ0v) is 16.4. The molecule has 0 unspecified atom stereocenters. The van der Waals surface area contributed by atoms with Crippen molar-refractivity contribution in [1.29, 1.82) is 0 Å². The fourth-order valence-electron chi connectivity index (χ4n) is 2.97. The molecule has 1 aliphatic rings. The largest absolute Gasteiger partial charge is 0.379 e. The summed E-state index contributed by atoms with van der Waals surface area (Å²) in [6, 6.07) is 6.57. The van der Waals surface area contributed by atoms with Gasteiger partial charge in [0, 0.05) is 28.2 Å². The lowest BCUT2D eigenvalue weighted by atomic mass is 10.2. The van der Waals surface area contributed by atoms with Crippen LogP contribution in [0.2, 0.25) is 0 Å². The van der Waals surface area contributed by atoms with Gasteiger partial charge in [0.25, 0.3) is 0 Å². The van der Waals surface area contributed by atoms with Crippen molar-refractivity contribution >= 4 is 33.3 Å². The van der Waals surface area contributed by atoms with Gasteiger partial charge in [-0.1, -0.05) is 11.8 Å². The average molecular weight is 390 g/mol. The van der Waals surface area contributed by atoms with E-state index in [0.717, 1.165) is 58.8 Å². The molecule has 0 aliphatic carbocycles. The third-order valence-electron chi connectivity index (χ3n) is 4.54. The van der Waals surface area contributed by atoms with Crippen LogP contribution in [-0.2, 0) is 11.3 Å². The molecule has 1 fully saturated rings. The maximum absolute atomic E-state index is 13.2. The molecule has 0 atom stereocenters. The second-order valence-corrected chi connectivity index (χ2v) is 8.62. The van der Waals surface area contributed by atoms with E-state index >= 15 is 0 Å². The van der Waals surface area contributed by atoms with Gasteiger partial charge in [0.1, 0.15) is 21.5 Å². The Morgan fingerprint density at radius 3 is 2.62 bits per heavy atom. The molecular weight excluding hydrogens is 369 g/mol. The zero-order valence-electron chi connectivity index (χ0n) is 14.8. The number of benzene rings is 1. The van der Waals surface area contributed by atoms with Gasteiger partial charge < -0.3 is 4.74 Å². The van der Waals surface area contributed by atoms with Crippen molar-refractivity contribution in [2.24, 2.45) is 0 Å². The van der Waals surface area contributed by atoms with Gasteiger partial charge in [-0.15, -0.1) is 11.3 Å². The number of aromatic nitrogens is 2. The van der Waals surface area contributed by atoms with E-state index in [1.165, 1.54) is 22.6 Å². The van der Waals surface area contributed by atoms with Crippen molar-refractivity contribution < 1.29 is 9.13 Å². The minimum atomic E-state index is -0.224. The summed E-state index contributed by atoms with van der Waals surface area (Å²) in [5.41, 5.74) is 1.23. The van der Waals surface area contributed by atoms with Gasteiger partial charge in [0.15, 0.2) is 0 Å². The molecular formula is C19H20FN3OS2. The molecule has 2 aromatic heterocycles. The molecule has 0 radical (unpaired) electrons. The molecule has 4 nitrogen and oxygen atoms in total. The summed E-state index contributed by atoms with van der Waals surface area (Å²) >= 11 is 3.29. The maximum Gasteiger partial charge on any atom is 0.145 e. The highest BCUT2D eigenvalue weighted by molar-refractivity contribution is 7.99. The van der Waals surface area contributed by atoms with Crippen LogP contribution in [0.15, 0.2) is 34.2 Å². The minimum absolute atomic E-state index is 0.224. The van der Waals surface area contributed by atoms with Crippen LogP contribution in [0.4, 0.5) is 4.39 Å². The highest BCUT2D eigenvalue weighted by Crippen LogP contribution is 2.38. The molecule has 0 saturated carbocycles. The van der Waals surface area contributed by atoms with E-state index in [9.17, 15) is 4.39 Å². The lowest BCUT2D eigenvalue weighted by Crippen LogP contribution is -2.36. The van der Waals surface area contributed by atoms with Crippen LogP contribution in [0.1, 0.15) is 16.3 Å². The van der Waals surface area contributed by atoms with Gasteiger partial charge in [0.2, 0.25) is 0 Å². The van der Waals surface area contributed by atoms with Gasteiger partial charge >= 0.3 is 0 Å². The van der Waals surface area contributed by atoms with Crippen molar-refractivity contribution in [2.75, 3.05) is 26.3 Å². The van der Waals surface area contributed by atoms with Crippen LogP contribution in [-0.4, -0.2) is 41.2 Å². The summed E-state index contributed by atoms with van der Waals surface area (Å²) in [5, 5.41) is 2.07. The third kappa shape index (κ3) is 3.76. The molecule has 0 bridgehead atoms. The van der Waals surface area contributed by atoms with E-state index < -0.39 is 0 Å². The van der Waals surface area contributed by atoms with E-state index in [1.807, 2.05) is 0 Å². The molecule has 0 spiro atoms. The van der Waals surface area contributed by atoms with Gasteiger partial charge in [-0.05, 0) is 43.7 Å². The van der Waals surface area contributed by atoms with Gasteiger partial charge in [-0.3, -0.25) is 4.90 Å². The Balaban J connectivity index is 1.71. The molecule has 26 heavy (non-hydrogen) atoms. The van der Waals surface area contributed by atoms with Gasteiger partial charge in [-0.25, -0.2) is 14.4 Å². The number of hydrogen-bond donors (Lipinski definition) is 0. The Hall–Kier alpha value is -1.54. The van der Waals surface area contributed by atoms with Gasteiger partial charge in [0.05, 0.1) is 19.8 Å². The SMILES string of the molecule is Cc1sc2nc(CN3CCOCC3)nc(Sc3ccc(F)cc3)c2c1C. The van der Waals surface area contributed by atoms with E-state index in [4.69, 9.17) is 14.7 Å². The highest BCUT2D eigenvalue weighted by Gasteiger charge is 2.18. The summed E-state index contributed by atoms with van der Waals surface area (Å²) < 4.78 is 18.6. The molecule has 3 aromatic rings. The van der Waals surface area contributed by atoms with Crippen molar-refractivity contribution in [3.63, 3.8) is 0 Å². The Kier molecular flexibility index (Phi) is 5.22. The van der Waals surface area contributed by atoms with Gasteiger partial charge in [-0.2, -0.15) is 0 Å². The second-order valence-electron chi connectivity index (χ2n) is 6.35. The van der Waals surface area contributed by atoms with Crippen LogP contribution < -0.4 is 0 Å². The number of aryl methyl sites for hydroxylation is 2. The number of morpholine rings is 1. The standard InChI is InChI=1S/C19H20FN3OS2/c1-12-13(2)25-18-17(12)19(26-15-5-3-14(20)4-6-15)22-16(21-18)11-23-7-9-24-10-8-23/h3-6H,7-11H2,1-2H3. The Morgan fingerprint density at radius 2 is 1.88 bits per heavy atom. The van der Waals surface area contributed by atoms with Crippen LogP contribution >= 0.6 is 23.1 Å². The molecule has 0 N–H and O–H groups in total. The van der Waals surface area contributed by atoms with Crippen molar-refractivity contribution in [3.8, 4) is 0 Å². The maximum atomic E-state index is 13.2. The smallest absolute Gasteiger partial charge is 0.145 e. The Morgan fingerprint density at radius 1 is 1.15 bits per heavy atom. The first-order valence-electron chi connectivity index (χ1n) is 8.60. The Bertz CT molecular complexity index is 921. The minimum Gasteiger partial charge on any atom is -0.379 e. The van der Waals surface area contributed by atoms with E-state index in [1.54, 1.807) is 35.2 Å². The number of nitrogens with zero attached hydrogens (tertiary/aromatic N) is 3. The fraction of sp³-hybridized carbons (Fsp3) is 0.368. The van der Waals surface area contributed by atoms with Crippen molar-refractivity contribution in [1.82, 2.24) is 14.9 Å². The number of rotatable bonds is 4.